The molecule has 0 spiro atoms. The van der Waals surface area contributed by atoms with E-state index in [1.54, 1.807) is 0 Å². The molecule has 1 atom stereocenters. The van der Waals surface area contributed by atoms with Crippen molar-refractivity contribution in [2.45, 2.75) is 25.8 Å². The predicted molar refractivity (Wildman–Crippen MR) is 80.6 cm³/mol. The van der Waals surface area contributed by atoms with Crippen molar-refractivity contribution < 1.29 is 4.74 Å². The van der Waals surface area contributed by atoms with Crippen LogP contribution in [0.1, 0.15) is 31.4 Å². The maximum Gasteiger partial charge on any atom is 0.0672 e. The zero-order chi connectivity index (χ0) is 13.7. The van der Waals surface area contributed by atoms with Crippen molar-refractivity contribution in [3.05, 3.63) is 47.0 Å². The Morgan fingerprint density at radius 3 is 2.68 bits per heavy atom. The average molecular weight is 280 g/mol. The maximum absolute atomic E-state index is 5.94. The van der Waals surface area contributed by atoms with Crippen molar-refractivity contribution in [2.24, 2.45) is 5.92 Å². The van der Waals surface area contributed by atoms with E-state index in [0.717, 1.165) is 29.7 Å². The van der Waals surface area contributed by atoms with Crippen LogP contribution >= 0.6 is 11.6 Å². The summed E-state index contributed by atoms with van der Waals surface area (Å²) in [5, 5.41) is 4.39. The van der Waals surface area contributed by atoms with Crippen LogP contribution in [0.25, 0.3) is 0 Å². The molecule has 0 amide bonds. The summed E-state index contributed by atoms with van der Waals surface area (Å²) in [6.07, 6.45) is 2.62. The van der Waals surface area contributed by atoms with E-state index in [9.17, 15) is 0 Å². The summed E-state index contributed by atoms with van der Waals surface area (Å²) < 4.78 is 5.52. The Morgan fingerprint density at radius 2 is 2.11 bits per heavy atom. The number of halogens is 1. The Labute approximate surface area is 120 Å². The van der Waals surface area contributed by atoms with Gasteiger partial charge in [0.25, 0.3) is 0 Å². The first kappa shape index (κ1) is 14.6. The van der Waals surface area contributed by atoms with Crippen molar-refractivity contribution in [1.82, 2.24) is 5.32 Å². The lowest BCUT2D eigenvalue weighted by Crippen LogP contribution is -2.27. The van der Waals surface area contributed by atoms with Gasteiger partial charge in [0.15, 0.2) is 0 Å². The van der Waals surface area contributed by atoms with Crippen LogP contribution in [0.3, 0.4) is 0 Å². The molecule has 104 valence electrons. The number of ether oxygens (including phenoxy) is 1. The van der Waals surface area contributed by atoms with Gasteiger partial charge in [-0.05, 0) is 43.4 Å². The minimum Gasteiger partial charge on any atom is -0.376 e. The van der Waals surface area contributed by atoms with Crippen molar-refractivity contribution in [1.29, 1.82) is 0 Å². The zero-order valence-corrected chi connectivity index (χ0v) is 12.2. The molecule has 0 aliphatic heterocycles. The molecule has 0 saturated heterocycles. The third-order valence-electron chi connectivity index (χ3n) is 3.28. The van der Waals surface area contributed by atoms with Gasteiger partial charge in [0, 0.05) is 17.6 Å². The normalized spacial score (nSPS) is 16.3. The Hall–Kier alpha value is -0.830. The largest absolute Gasteiger partial charge is 0.376 e. The molecule has 2 nitrogen and oxygen atoms in total. The fourth-order valence-electron chi connectivity index (χ4n) is 2.19. The van der Waals surface area contributed by atoms with Gasteiger partial charge in [-0.1, -0.05) is 35.9 Å². The van der Waals surface area contributed by atoms with E-state index in [1.807, 2.05) is 19.1 Å². The molecule has 1 aliphatic carbocycles. The molecule has 1 aromatic carbocycles. The van der Waals surface area contributed by atoms with E-state index in [1.165, 1.54) is 18.4 Å². The number of rotatable bonds is 8. The lowest BCUT2D eigenvalue weighted by Gasteiger charge is -2.19. The molecule has 0 bridgehead atoms. The Bertz CT molecular complexity index is 411. The van der Waals surface area contributed by atoms with Crippen LogP contribution in [0, 0.1) is 5.92 Å². The predicted octanol–water partition coefficient (Wildman–Crippen LogP) is 3.97. The molecule has 1 aliphatic rings. The summed E-state index contributed by atoms with van der Waals surface area (Å²) in [6.45, 7) is 8.05. The molecule has 1 fully saturated rings. The third kappa shape index (κ3) is 4.98. The molecule has 0 radical (unpaired) electrons. The standard InChI is InChI=1S/C16H22ClNO/c1-12(2)11-19-10-9-18-16(13-3-4-13)14-5-7-15(17)8-6-14/h5-8,13,16,18H,1,3-4,9-11H2,2H3. The summed E-state index contributed by atoms with van der Waals surface area (Å²) in [4.78, 5) is 0. The van der Waals surface area contributed by atoms with Gasteiger partial charge in [-0.2, -0.15) is 0 Å². The maximum atomic E-state index is 5.94. The van der Waals surface area contributed by atoms with Crippen molar-refractivity contribution in [3.63, 3.8) is 0 Å². The molecular formula is C16H22ClNO. The zero-order valence-electron chi connectivity index (χ0n) is 11.5. The van der Waals surface area contributed by atoms with Gasteiger partial charge in [-0.25, -0.2) is 0 Å². The fourth-order valence-corrected chi connectivity index (χ4v) is 2.32. The summed E-state index contributed by atoms with van der Waals surface area (Å²) in [7, 11) is 0. The molecular weight excluding hydrogens is 258 g/mol. The molecule has 19 heavy (non-hydrogen) atoms. The summed E-state index contributed by atoms with van der Waals surface area (Å²) >= 11 is 5.94. The first-order chi connectivity index (χ1) is 9.16. The van der Waals surface area contributed by atoms with Gasteiger partial charge in [0.1, 0.15) is 0 Å². The number of hydrogen-bond donors (Lipinski definition) is 1. The smallest absolute Gasteiger partial charge is 0.0672 e. The minimum atomic E-state index is 0.436. The van der Waals surface area contributed by atoms with Gasteiger partial charge < -0.3 is 10.1 Å². The SMILES string of the molecule is C=C(C)COCCNC(c1ccc(Cl)cc1)C1CC1. The first-order valence-corrected chi connectivity index (χ1v) is 7.25. The van der Waals surface area contributed by atoms with Crippen molar-refractivity contribution in [2.75, 3.05) is 19.8 Å². The van der Waals surface area contributed by atoms with Crippen LogP contribution in [0.15, 0.2) is 36.4 Å². The second-order valence-corrected chi connectivity index (χ2v) is 5.77. The van der Waals surface area contributed by atoms with Gasteiger partial charge in [0.2, 0.25) is 0 Å². The van der Waals surface area contributed by atoms with Gasteiger partial charge in [-0.3, -0.25) is 0 Å². The van der Waals surface area contributed by atoms with Crippen LogP contribution in [0.4, 0.5) is 0 Å². The highest BCUT2D eigenvalue weighted by Gasteiger charge is 2.31. The van der Waals surface area contributed by atoms with Crippen molar-refractivity contribution >= 4 is 11.6 Å². The van der Waals surface area contributed by atoms with Crippen LogP contribution in [0.5, 0.6) is 0 Å². The van der Waals surface area contributed by atoms with Crippen LogP contribution < -0.4 is 5.32 Å². The number of benzene rings is 1. The molecule has 0 heterocycles. The quantitative estimate of drug-likeness (QED) is 0.574. The van der Waals surface area contributed by atoms with E-state index in [2.05, 4.69) is 24.0 Å². The van der Waals surface area contributed by atoms with Gasteiger partial charge >= 0.3 is 0 Å². The molecule has 1 aromatic rings. The minimum absolute atomic E-state index is 0.436. The molecule has 3 heteroatoms. The van der Waals surface area contributed by atoms with E-state index in [0.29, 0.717) is 12.6 Å². The summed E-state index contributed by atoms with van der Waals surface area (Å²) in [6, 6.07) is 8.60. The monoisotopic (exact) mass is 279 g/mol. The number of nitrogens with one attached hydrogen (secondary N) is 1. The Kier molecular flexibility index (Phi) is 5.44. The average Bonchev–Trinajstić information content (AvgIpc) is 3.19. The molecule has 1 unspecified atom stereocenters. The molecule has 1 saturated carbocycles. The van der Waals surface area contributed by atoms with Crippen LogP contribution in [0.2, 0.25) is 5.02 Å². The molecule has 2 rings (SSSR count). The van der Waals surface area contributed by atoms with E-state index in [-0.39, 0.29) is 0 Å². The van der Waals surface area contributed by atoms with Crippen molar-refractivity contribution in [3.8, 4) is 0 Å². The highest BCUT2D eigenvalue weighted by atomic mass is 35.5. The van der Waals surface area contributed by atoms with Gasteiger partial charge in [0.05, 0.1) is 13.2 Å². The number of hydrogen-bond acceptors (Lipinski definition) is 2. The highest BCUT2D eigenvalue weighted by Crippen LogP contribution is 2.41. The van der Waals surface area contributed by atoms with E-state index in [4.69, 9.17) is 16.3 Å². The second kappa shape index (κ2) is 7.09. The second-order valence-electron chi connectivity index (χ2n) is 5.33. The topological polar surface area (TPSA) is 21.3 Å². The van der Waals surface area contributed by atoms with E-state index < -0.39 is 0 Å². The highest BCUT2D eigenvalue weighted by molar-refractivity contribution is 6.30. The third-order valence-corrected chi connectivity index (χ3v) is 3.53. The Morgan fingerprint density at radius 1 is 1.42 bits per heavy atom. The van der Waals surface area contributed by atoms with Crippen LogP contribution in [-0.2, 0) is 4.74 Å². The van der Waals surface area contributed by atoms with E-state index >= 15 is 0 Å². The first-order valence-electron chi connectivity index (χ1n) is 6.88. The molecule has 0 aromatic heterocycles. The fraction of sp³-hybridized carbons (Fsp3) is 0.500. The summed E-state index contributed by atoms with van der Waals surface area (Å²) in [5.41, 5.74) is 2.39. The summed E-state index contributed by atoms with van der Waals surface area (Å²) in [5.74, 6) is 0.766. The molecule has 1 N–H and O–H groups in total. The van der Waals surface area contributed by atoms with Gasteiger partial charge in [-0.15, -0.1) is 0 Å². The lowest BCUT2D eigenvalue weighted by molar-refractivity contribution is 0.154. The Balaban J connectivity index is 1.80. The lowest BCUT2D eigenvalue weighted by atomic mass is 10.0. The van der Waals surface area contributed by atoms with Crippen LogP contribution in [-0.4, -0.2) is 19.8 Å².